The second-order valence-electron chi connectivity index (χ2n) is 1.75. The van der Waals surface area contributed by atoms with E-state index in [1.54, 1.807) is 17.4 Å². The van der Waals surface area contributed by atoms with Gasteiger partial charge < -0.3 is 5.73 Å². The number of rotatable bonds is 2. The maximum atomic E-state index is 5.26. The monoisotopic (exact) mass is 169 g/mol. The highest BCUT2D eigenvalue weighted by Gasteiger charge is 1.84. The first-order valence-electron chi connectivity index (χ1n) is 2.80. The average molecular weight is 169 g/mol. The van der Waals surface area contributed by atoms with Gasteiger partial charge in [-0.2, -0.15) is 0 Å². The van der Waals surface area contributed by atoms with Crippen molar-refractivity contribution in [3.63, 3.8) is 0 Å². The highest BCUT2D eigenvalue weighted by atomic mass is 32.1. The van der Waals surface area contributed by atoms with Crippen molar-refractivity contribution in [2.75, 3.05) is 0 Å². The lowest BCUT2D eigenvalue weighted by Gasteiger charge is -1.82. The van der Waals surface area contributed by atoms with E-state index < -0.39 is 0 Å². The summed E-state index contributed by atoms with van der Waals surface area (Å²) >= 11 is 6.33. The standard InChI is InChI=1S/C7H7NS2/c8-7(9)4-3-6-2-1-5-10-6/h1-5H,(H2,8,9). The second-order valence-corrected chi connectivity index (χ2v) is 3.20. The summed E-state index contributed by atoms with van der Waals surface area (Å²) in [5.74, 6) is 0. The van der Waals surface area contributed by atoms with Crippen molar-refractivity contribution >= 4 is 34.6 Å². The third-order valence-electron chi connectivity index (χ3n) is 0.955. The number of nitrogens with two attached hydrogens (primary N) is 1. The number of thiophene rings is 1. The third-order valence-corrected chi connectivity index (χ3v) is 1.93. The van der Waals surface area contributed by atoms with Gasteiger partial charge in [0.15, 0.2) is 0 Å². The zero-order valence-electron chi connectivity index (χ0n) is 5.28. The van der Waals surface area contributed by atoms with Crippen LogP contribution in [0.1, 0.15) is 4.88 Å². The topological polar surface area (TPSA) is 26.0 Å². The minimum atomic E-state index is 0.424. The first-order valence-corrected chi connectivity index (χ1v) is 4.09. The zero-order chi connectivity index (χ0) is 7.40. The zero-order valence-corrected chi connectivity index (χ0v) is 6.91. The first-order chi connectivity index (χ1) is 4.79. The maximum absolute atomic E-state index is 5.26. The highest BCUT2D eigenvalue weighted by Crippen LogP contribution is 2.09. The van der Waals surface area contributed by atoms with Crippen LogP contribution >= 0.6 is 23.6 Å². The minimum Gasteiger partial charge on any atom is -0.390 e. The Hall–Kier alpha value is -0.670. The lowest BCUT2D eigenvalue weighted by molar-refractivity contribution is 1.83. The molecule has 0 bridgehead atoms. The lowest BCUT2D eigenvalue weighted by Crippen LogP contribution is -2.01. The molecule has 0 aliphatic carbocycles. The fraction of sp³-hybridized carbons (Fsp3) is 0. The van der Waals surface area contributed by atoms with Gasteiger partial charge in [-0.15, -0.1) is 11.3 Å². The Balaban J connectivity index is 2.64. The molecule has 0 amide bonds. The summed E-state index contributed by atoms with van der Waals surface area (Å²) in [6.45, 7) is 0. The Morgan fingerprint density at radius 1 is 1.70 bits per heavy atom. The normalized spacial score (nSPS) is 10.4. The quantitative estimate of drug-likeness (QED) is 0.541. The molecule has 1 aromatic rings. The molecule has 0 fully saturated rings. The minimum absolute atomic E-state index is 0.424. The van der Waals surface area contributed by atoms with Gasteiger partial charge in [-0.25, -0.2) is 0 Å². The van der Waals surface area contributed by atoms with Crippen molar-refractivity contribution in [3.8, 4) is 0 Å². The van der Waals surface area contributed by atoms with Gasteiger partial charge in [0.05, 0.1) is 4.99 Å². The van der Waals surface area contributed by atoms with E-state index in [4.69, 9.17) is 5.73 Å². The van der Waals surface area contributed by atoms with Crippen molar-refractivity contribution in [1.29, 1.82) is 0 Å². The van der Waals surface area contributed by atoms with Crippen LogP contribution in [-0.4, -0.2) is 4.99 Å². The van der Waals surface area contributed by atoms with Gasteiger partial charge in [0.2, 0.25) is 0 Å². The number of hydrogen-bond acceptors (Lipinski definition) is 2. The molecular weight excluding hydrogens is 162 g/mol. The van der Waals surface area contributed by atoms with E-state index in [9.17, 15) is 0 Å². The molecule has 0 aromatic carbocycles. The van der Waals surface area contributed by atoms with Gasteiger partial charge >= 0.3 is 0 Å². The summed E-state index contributed by atoms with van der Waals surface area (Å²) in [4.78, 5) is 1.60. The van der Waals surface area contributed by atoms with Crippen LogP contribution in [0.5, 0.6) is 0 Å². The molecule has 0 aliphatic heterocycles. The van der Waals surface area contributed by atoms with E-state index in [1.165, 1.54) is 4.88 Å². The number of thiocarbonyl (C=S) groups is 1. The average Bonchev–Trinajstić information content (AvgIpc) is 2.34. The highest BCUT2D eigenvalue weighted by molar-refractivity contribution is 7.80. The van der Waals surface area contributed by atoms with E-state index in [0.717, 1.165) is 0 Å². The molecule has 0 spiro atoms. The molecule has 2 N–H and O–H groups in total. The fourth-order valence-electron chi connectivity index (χ4n) is 0.550. The van der Waals surface area contributed by atoms with Crippen molar-refractivity contribution in [1.82, 2.24) is 0 Å². The molecule has 0 saturated carbocycles. The lowest BCUT2D eigenvalue weighted by atomic mass is 10.4. The number of hydrogen-bond donors (Lipinski definition) is 1. The van der Waals surface area contributed by atoms with Crippen molar-refractivity contribution < 1.29 is 0 Å². The van der Waals surface area contributed by atoms with E-state index in [-0.39, 0.29) is 0 Å². The van der Waals surface area contributed by atoms with E-state index in [0.29, 0.717) is 4.99 Å². The van der Waals surface area contributed by atoms with E-state index in [2.05, 4.69) is 12.2 Å². The molecule has 0 aliphatic rings. The molecule has 1 rings (SSSR count). The molecule has 1 heterocycles. The summed E-state index contributed by atoms with van der Waals surface area (Å²) in [6.07, 6.45) is 3.63. The predicted octanol–water partition coefficient (Wildman–Crippen LogP) is 2.05. The SMILES string of the molecule is NC(=S)C=Cc1cccs1. The van der Waals surface area contributed by atoms with Crippen LogP contribution in [0.4, 0.5) is 0 Å². The van der Waals surface area contributed by atoms with Crippen LogP contribution in [-0.2, 0) is 0 Å². The maximum Gasteiger partial charge on any atom is 0.0962 e. The van der Waals surface area contributed by atoms with Crippen LogP contribution in [0, 0.1) is 0 Å². The van der Waals surface area contributed by atoms with Crippen LogP contribution in [0.15, 0.2) is 23.6 Å². The predicted molar refractivity (Wildman–Crippen MR) is 50.1 cm³/mol. The molecule has 0 unspecified atom stereocenters. The summed E-state index contributed by atoms with van der Waals surface area (Å²) in [7, 11) is 0. The molecule has 3 heteroatoms. The third kappa shape index (κ3) is 2.29. The Kier molecular flexibility index (Phi) is 2.59. The van der Waals surface area contributed by atoms with Crippen molar-refractivity contribution in [3.05, 3.63) is 28.5 Å². The molecule has 52 valence electrons. The molecule has 0 radical (unpaired) electrons. The van der Waals surface area contributed by atoms with Gasteiger partial charge in [0.1, 0.15) is 0 Å². The van der Waals surface area contributed by atoms with Crippen LogP contribution in [0.2, 0.25) is 0 Å². The van der Waals surface area contributed by atoms with Crippen molar-refractivity contribution in [2.24, 2.45) is 5.73 Å². The summed E-state index contributed by atoms with van der Waals surface area (Å²) < 4.78 is 0. The van der Waals surface area contributed by atoms with Crippen LogP contribution < -0.4 is 5.73 Å². The van der Waals surface area contributed by atoms with Gasteiger partial charge in [0.25, 0.3) is 0 Å². The van der Waals surface area contributed by atoms with Gasteiger partial charge in [-0.3, -0.25) is 0 Å². The van der Waals surface area contributed by atoms with Gasteiger partial charge in [-0.1, -0.05) is 18.3 Å². The molecule has 1 aromatic heterocycles. The van der Waals surface area contributed by atoms with Crippen LogP contribution in [0.25, 0.3) is 6.08 Å². The van der Waals surface area contributed by atoms with Gasteiger partial charge in [0, 0.05) is 4.88 Å². The second kappa shape index (κ2) is 3.49. The van der Waals surface area contributed by atoms with Gasteiger partial charge in [-0.05, 0) is 23.6 Å². The van der Waals surface area contributed by atoms with Crippen LogP contribution in [0.3, 0.4) is 0 Å². The molecule has 1 nitrogen and oxygen atoms in total. The Morgan fingerprint density at radius 2 is 2.50 bits per heavy atom. The largest absolute Gasteiger partial charge is 0.390 e. The van der Waals surface area contributed by atoms with E-state index >= 15 is 0 Å². The Labute approximate surface area is 69.2 Å². The van der Waals surface area contributed by atoms with Crippen molar-refractivity contribution in [2.45, 2.75) is 0 Å². The molecular formula is C7H7NS2. The smallest absolute Gasteiger partial charge is 0.0962 e. The molecule has 10 heavy (non-hydrogen) atoms. The first kappa shape index (κ1) is 7.44. The Morgan fingerprint density at radius 3 is 3.00 bits per heavy atom. The summed E-state index contributed by atoms with van der Waals surface area (Å²) in [5.41, 5.74) is 5.26. The summed E-state index contributed by atoms with van der Waals surface area (Å²) in [6, 6.07) is 4.00. The fourth-order valence-corrected chi connectivity index (χ4v) is 1.24. The Bertz CT molecular complexity index is 236. The summed E-state index contributed by atoms with van der Waals surface area (Å²) in [5, 5.41) is 2.01. The molecule has 0 saturated heterocycles. The van der Waals surface area contributed by atoms with E-state index in [1.807, 2.05) is 23.6 Å². The molecule has 0 atom stereocenters.